The molecule has 1 saturated carbocycles. The van der Waals surface area contributed by atoms with Gasteiger partial charge in [0.15, 0.2) is 9.84 Å². The van der Waals surface area contributed by atoms with E-state index in [0.717, 1.165) is 24.7 Å². The Morgan fingerprint density at radius 1 is 1.00 bits per heavy atom. The molecule has 0 atom stereocenters. The molecule has 3 fully saturated rings. The van der Waals surface area contributed by atoms with Gasteiger partial charge in [0, 0.05) is 18.5 Å². The van der Waals surface area contributed by atoms with Gasteiger partial charge in [0.2, 0.25) is 11.8 Å². The first-order valence-electron chi connectivity index (χ1n) is 11.5. The molecule has 0 unspecified atom stereocenters. The summed E-state index contributed by atoms with van der Waals surface area (Å²) in [6.07, 6.45) is 2.72. The molecule has 8 nitrogen and oxygen atoms in total. The average molecular weight is 476 g/mol. The second kappa shape index (κ2) is 8.10. The molecule has 2 aliphatic heterocycles. The maximum atomic E-state index is 13.0. The highest BCUT2D eigenvalue weighted by molar-refractivity contribution is 7.91. The molecule has 0 N–H and O–H groups in total. The molecule has 2 amide bonds. The first-order valence-corrected chi connectivity index (χ1v) is 13.1. The van der Waals surface area contributed by atoms with Gasteiger partial charge in [0.05, 0.1) is 22.6 Å². The van der Waals surface area contributed by atoms with E-state index >= 15 is 0 Å². The maximum Gasteiger partial charge on any atom is 0.494 e. The summed E-state index contributed by atoms with van der Waals surface area (Å²) in [5.41, 5.74) is -0.599. The van der Waals surface area contributed by atoms with E-state index < -0.39 is 34.0 Å². The van der Waals surface area contributed by atoms with E-state index in [2.05, 4.69) is 0 Å². The number of benzene rings is 1. The van der Waals surface area contributed by atoms with Crippen molar-refractivity contribution in [2.75, 3.05) is 25.5 Å². The topological polar surface area (TPSA) is 93.2 Å². The lowest BCUT2D eigenvalue weighted by molar-refractivity contribution is -0.153. The SMILES string of the molecule is CC1(C(=O)N2CCN(CS(=O)(=O)c3ccc(B4OC(C)(C)C(C)(C)O4)cc3)C(=O)C2)CCC1. The van der Waals surface area contributed by atoms with Crippen molar-refractivity contribution < 1.29 is 27.3 Å². The molecule has 10 heteroatoms. The fraction of sp³-hybridized carbons (Fsp3) is 0.652. The second-order valence-corrected chi connectivity index (χ2v) is 12.7. The third-order valence-electron chi connectivity index (χ3n) is 7.67. The predicted octanol–water partition coefficient (Wildman–Crippen LogP) is 1.58. The van der Waals surface area contributed by atoms with Gasteiger partial charge in [-0.1, -0.05) is 25.5 Å². The number of sulfone groups is 1. The third kappa shape index (κ3) is 4.45. The Kier molecular flexibility index (Phi) is 5.94. The lowest BCUT2D eigenvalue weighted by atomic mass is 9.69. The maximum absolute atomic E-state index is 13.0. The van der Waals surface area contributed by atoms with Gasteiger partial charge < -0.3 is 19.1 Å². The van der Waals surface area contributed by atoms with Crippen molar-refractivity contribution in [1.29, 1.82) is 0 Å². The van der Waals surface area contributed by atoms with Crippen molar-refractivity contribution >= 4 is 34.2 Å². The molecule has 2 heterocycles. The zero-order valence-electron chi connectivity index (χ0n) is 20.1. The number of piperazine rings is 1. The highest BCUT2D eigenvalue weighted by atomic mass is 32.2. The van der Waals surface area contributed by atoms with Crippen LogP contribution in [0.15, 0.2) is 29.2 Å². The van der Waals surface area contributed by atoms with Crippen LogP contribution >= 0.6 is 0 Å². The van der Waals surface area contributed by atoms with Gasteiger partial charge in [-0.15, -0.1) is 0 Å². The first kappa shape index (κ1) is 24.2. The zero-order chi connectivity index (χ0) is 24.2. The molecule has 4 rings (SSSR count). The summed E-state index contributed by atoms with van der Waals surface area (Å²) < 4.78 is 38.0. The Hall–Kier alpha value is -1.91. The van der Waals surface area contributed by atoms with Gasteiger partial charge in [-0.05, 0) is 58.1 Å². The van der Waals surface area contributed by atoms with Crippen LogP contribution in [0.2, 0.25) is 0 Å². The van der Waals surface area contributed by atoms with Crippen molar-refractivity contribution in [2.45, 2.75) is 70.0 Å². The highest BCUT2D eigenvalue weighted by Gasteiger charge is 2.51. The molecule has 1 aromatic carbocycles. The van der Waals surface area contributed by atoms with Crippen LogP contribution in [0.25, 0.3) is 0 Å². The average Bonchev–Trinajstić information content (AvgIpc) is 2.94. The minimum Gasteiger partial charge on any atom is -0.399 e. The molecular weight excluding hydrogens is 443 g/mol. The van der Waals surface area contributed by atoms with Gasteiger partial charge in [0.1, 0.15) is 5.88 Å². The van der Waals surface area contributed by atoms with E-state index in [1.54, 1.807) is 17.0 Å². The standard InChI is InChI=1S/C23H33BN2O6S/c1-21(2)22(3,4)32-24(31-21)17-7-9-18(10-8-17)33(29,30)16-26-14-13-25(15-19(26)27)20(28)23(5)11-6-12-23/h7-10H,6,11-16H2,1-5H3. The van der Waals surface area contributed by atoms with Crippen LogP contribution in [0.4, 0.5) is 0 Å². The van der Waals surface area contributed by atoms with Crippen molar-refractivity contribution in [3.8, 4) is 0 Å². The zero-order valence-corrected chi connectivity index (χ0v) is 20.9. The molecule has 1 aromatic rings. The molecular formula is C23H33BN2O6S. The summed E-state index contributed by atoms with van der Waals surface area (Å²) in [6.45, 7) is 10.3. The molecule has 180 valence electrons. The van der Waals surface area contributed by atoms with E-state index in [-0.39, 0.29) is 35.2 Å². The molecule has 2 saturated heterocycles. The summed E-state index contributed by atoms with van der Waals surface area (Å²) >= 11 is 0. The number of hydrogen-bond acceptors (Lipinski definition) is 6. The number of amides is 2. The molecule has 0 spiro atoms. The summed E-state index contributed by atoms with van der Waals surface area (Å²) in [7, 11) is -4.29. The number of hydrogen-bond donors (Lipinski definition) is 0. The minimum absolute atomic E-state index is 0.00269. The second-order valence-electron chi connectivity index (χ2n) is 10.7. The van der Waals surface area contributed by atoms with Gasteiger partial charge >= 0.3 is 7.12 Å². The minimum atomic E-state index is -3.72. The molecule has 0 radical (unpaired) electrons. The van der Waals surface area contributed by atoms with Gasteiger partial charge in [0.25, 0.3) is 0 Å². The number of carbonyl (C=O) groups excluding carboxylic acids is 2. The van der Waals surface area contributed by atoms with Crippen molar-refractivity contribution in [2.24, 2.45) is 5.41 Å². The summed E-state index contributed by atoms with van der Waals surface area (Å²) in [5, 5.41) is 0. The van der Waals surface area contributed by atoms with Gasteiger partial charge in [-0.25, -0.2) is 8.42 Å². The number of nitrogens with zero attached hydrogens (tertiary/aromatic N) is 2. The normalized spacial score (nSPS) is 24.0. The van der Waals surface area contributed by atoms with Gasteiger partial charge in [-0.2, -0.15) is 0 Å². The van der Waals surface area contributed by atoms with Crippen LogP contribution in [0, 0.1) is 5.41 Å². The van der Waals surface area contributed by atoms with Crippen LogP contribution in [0.1, 0.15) is 53.9 Å². The molecule has 3 aliphatic rings. The number of carbonyl (C=O) groups is 2. The van der Waals surface area contributed by atoms with Gasteiger partial charge in [-0.3, -0.25) is 9.59 Å². The van der Waals surface area contributed by atoms with Crippen molar-refractivity contribution in [3.63, 3.8) is 0 Å². The van der Waals surface area contributed by atoms with Crippen LogP contribution < -0.4 is 5.46 Å². The lowest BCUT2D eigenvalue weighted by Gasteiger charge is -2.43. The smallest absolute Gasteiger partial charge is 0.399 e. The fourth-order valence-corrected chi connectivity index (χ4v) is 5.80. The van der Waals surface area contributed by atoms with E-state index in [0.29, 0.717) is 6.54 Å². The molecule has 0 aromatic heterocycles. The lowest BCUT2D eigenvalue weighted by Crippen LogP contribution is -2.57. The van der Waals surface area contributed by atoms with Crippen LogP contribution in [0.5, 0.6) is 0 Å². The van der Waals surface area contributed by atoms with E-state index in [4.69, 9.17) is 9.31 Å². The molecule has 0 bridgehead atoms. The quantitative estimate of drug-likeness (QED) is 0.600. The van der Waals surface area contributed by atoms with Crippen LogP contribution in [-0.2, 0) is 28.7 Å². The van der Waals surface area contributed by atoms with E-state index in [9.17, 15) is 18.0 Å². The summed E-state index contributed by atoms with van der Waals surface area (Å²) in [4.78, 5) is 28.4. The summed E-state index contributed by atoms with van der Waals surface area (Å²) in [5.74, 6) is -0.737. The van der Waals surface area contributed by atoms with Crippen molar-refractivity contribution in [3.05, 3.63) is 24.3 Å². The monoisotopic (exact) mass is 476 g/mol. The Labute approximate surface area is 196 Å². The molecule has 33 heavy (non-hydrogen) atoms. The third-order valence-corrected chi connectivity index (χ3v) is 9.31. The Bertz CT molecular complexity index is 1030. The Morgan fingerprint density at radius 2 is 1.58 bits per heavy atom. The van der Waals surface area contributed by atoms with E-state index in [1.165, 1.54) is 17.0 Å². The largest absolute Gasteiger partial charge is 0.494 e. The van der Waals surface area contributed by atoms with Crippen LogP contribution in [-0.4, -0.2) is 73.9 Å². The van der Waals surface area contributed by atoms with Crippen molar-refractivity contribution in [1.82, 2.24) is 9.80 Å². The Morgan fingerprint density at radius 3 is 2.06 bits per heavy atom. The predicted molar refractivity (Wildman–Crippen MR) is 124 cm³/mol. The fourth-order valence-electron chi connectivity index (χ4n) is 4.41. The first-order chi connectivity index (χ1) is 15.2. The highest BCUT2D eigenvalue weighted by Crippen LogP contribution is 2.42. The summed E-state index contributed by atoms with van der Waals surface area (Å²) in [6, 6.07) is 6.42. The number of rotatable bonds is 5. The Balaban J connectivity index is 1.39. The molecule has 1 aliphatic carbocycles. The van der Waals surface area contributed by atoms with Crippen LogP contribution in [0.3, 0.4) is 0 Å². The van der Waals surface area contributed by atoms with E-state index in [1.807, 2.05) is 34.6 Å².